The number of hydrogen-bond donors (Lipinski definition) is 1. The number of imidazole rings is 1. The fourth-order valence-electron chi connectivity index (χ4n) is 5.43. The molecule has 8 heteroatoms. The van der Waals surface area contributed by atoms with Crippen LogP contribution < -0.4 is 4.90 Å². The van der Waals surface area contributed by atoms with Crippen LogP contribution >= 0.6 is 11.6 Å². The Hall–Kier alpha value is -4.10. The topological polar surface area (TPSA) is 78.7 Å². The van der Waals surface area contributed by atoms with E-state index in [9.17, 15) is 14.7 Å². The second-order valence-electron chi connectivity index (χ2n) is 10.2. The molecular formula is C31H31ClN4O3. The average Bonchev–Trinajstić information content (AvgIpc) is 3.31. The molecule has 2 atom stereocenters. The third-order valence-electron chi connectivity index (χ3n) is 7.36. The number of carbonyl (C=O) groups excluding carboxylic acids is 1. The number of fused-ring (bicyclic) bond motifs is 1. The van der Waals surface area contributed by atoms with Gasteiger partial charge >= 0.3 is 5.97 Å². The molecule has 39 heavy (non-hydrogen) atoms. The van der Waals surface area contributed by atoms with Crippen LogP contribution in [0, 0.1) is 6.92 Å². The number of aliphatic carboxylic acids is 1. The van der Waals surface area contributed by atoms with Gasteiger partial charge in [-0.25, -0.2) is 9.78 Å². The number of anilines is 1. The number of halogens is 1. The number of carboxylic acid groups (broad SMARTS) is 1. The van der Waals surface area contributed by atoms with Gasteiger partial charge in [-0.1, -0.05) is 66.2 Å². The minimum absolute atomic E-state index is 0.133. The van der Waals surface area contributed by atoms with Crippen LogP contribution in [0.1, 0.15) is 39.6 Å². The van der Waals surface area contributed by atoms with Crippen molar-refractivity contribution < 1.29 is 14.7 Å². The Morgan fingerprint density at radius 3 is 2.38 bits per heavy atom. The Morgan fingerprint density at radius 1 is 1.05 bits per heavy atom. The van der Waals surface area contributed by atoms with Crippen LogP contribution in [0.5, 0.6) is 0 Å². The summed E-state index contributed by atoms with van der Waals surface area (Å²) in [4.78, 5) is 34.8. The molecule has 3 aromatic carbocycles. The van der Waals surface area contributed by atoms with Gasteiger partial charge in [-0.05, 0) is 47.4 Å². The van der Waals surface area contributed by atoms with E-state index in [0.29, 0.717) is 11.6 Å². The minimum atomic E-state index is -1.03. The Morgan fingerprint density at radius 2 is 1.74 bits per heavy atom. The molecule has 0 spiro atoms. The van der Waals surface area contributed by atoms with Crippen molar-refractivity contribution in [3.05, 3.63) is 118 Å². The maximum Gasteiger partial charge on any atom is 0.326 e. The van der Waals surface area contributed by atoms with E-state index in [1.807, 2.05) is 61.1 Å². The zero-order valence-electron chi connectivity index (χ0n) is 22.2. The normalized spacial score (nSPS) is 15.5. The fourth-order valence-corrected chi connectivity index (χ4v) is 5.55. The van der Waals surface area contributed by atoms with Gasteiger partial charge in [0.25, 0.3) is 0 Å². The Labute approximate surface area is 233 Å². The summed E-state index contributed by atoms with van der Waals surface area (Å²) in [5, 5.41) is 10.8. The lowest BCUT2D eigenvalue weighted by Crippen LogP contribution is -2.50. The van der Waals surface area contributed by atoms with Crippen LogP contribution in [0.3, 0.4) is 0 Å². The Balaban J connectivity index is 1.46. The molecular weight excluding hydrogens is 512 g/mol. The summed E-state index contributed by atoms with van der Waals surface area (Å²) >= 11 is 6.12. The molecule has 200 valence electrons. The molecule has 7 nitrogen and oxygen atoms in total. The number of aryl methyl sites for hydroxylation is 1. The van der Waals surface area contributed by atoms with Crippen LogP contribution in [-0.2, 0) is 29.1 Å². The number of rotatable bonds is 7. The highest BCUT2D eigenvalue weighted by Crippen LogP contribution is 2.32. The van der Waals surface area contributed by atoms with Crippen LogP contribution in [-0.4, -0.2) is 51.6 Å². The summed E-state index contributed by atoms with van der Waals surface area (Å²) in [7, 11) is 4.03. The van der Waals surface area contributed by atoms with Crippen LogP contribution in [0.15, 0.2) is 79.1 Å². The summed E-state index contributed by atoms with van der Waals surface area (Å²) in [6, 6.07) is 21.9. The first-order valence-electron chi connectivity index (χ1n) is 12.9. The van der Waals surface area contributed by atoms with E-state index in [4.69, 9.17) is 11.6 Å². The Bertz CT molecular complexity index is 1500. The minimum Gasteiger partial charge on any atom is -0.480 e. The van der Waals surface area contributed by atoms with Crippen molar-refractivity contribution in [1.29, 1.82) is 0 Å². The molecule has 0 fully saturated rings. The fraction of sp³-hybridized carbons (Fsp3) is 0.258. The average molecular weight is 543 g/mol. The first-order valence-corrected chi connectivity index (χ1v) is 13.2. The quantitative estimate of drug-likeness (QED) is 0.350. The largest absolute Gasteiger partial charge is 0.480 e. The Kier molecular flexibility index (Phi) is 7.44. The number of amides is 1. The van der Waals surface area contributed by atoms with Gasteiger partial charge in [0.15, 0.2) is 0 Å². The molecule has 1 aliphatic heterocycles. The van der Waals surface area contributed by atoms with Gasteiger partial charge in [-0.3, -0.25) is 4.79 Å². The van der Waals surface area contributed by atoms with Gasteiger partial charge in [0.2, 0.25) is 5.91 Å². The van der Waals surface area contributed by atoms with Crippen molar-refractivity contribution >= 4 is 29.2 Å². The van der Waals surface area contributed by atoms with Crippen molar-refractivity contribution in [2.24, 2.45) is 0 Å². The van der Waals surface area contributed by atoms with E-state index in [0.717, 1.165) is 33.8 Å². The lowest BCUT2D eigenvalue weighted by atomic mass is 9.88. The second-order valence-corrected chi connectivity index (χ2v) is 10.6. The molecule has 0 saturated heterocycles. The van der Waals surface area contributed by atoms with E-state index in [-0.39, 0.29) is 18.9 Å². The van der Waals surface area contributed by atoms with Crippen molar-refractivity contribution in [3.8, 4) is 0 Å². The van der Waals surface area contributed by atoms with E-state index in [2.05, 4.69) is 35.0 Å². The van der Waals surface area contributed by atoms with Gasteiger partial charge < -0.3 is 19.5 Å². The molecule has 1 N–H and O–H groups in total. The molecule has 0 radical (unpaired) electrons. The molecule has 2 heterocycles. The molecule has 4 aromatic rings. The lowest BCUT2D eigenvalue weighted by molar-refractivity contribution is -0.151. The summed E-state index contributed by atoms with van der Waals surface area (Å²) in [6.07, 6.45) is 1.94. The summed E-state index contributed by atoms with van der Waals surface area (Å²) in [6.45, 7) is 2.79. The van der Waals surface area contributed by atoms with Crippen LogP contribution in [0.4, 0.5) is 5.69 Å². The van der Waals surface area contributed by atoms with E-state index in [1.165, 1.54) is 10.5 Å². The molecule has 5 rings (SSSR count). The highest BCUT2D eigenvalue weighted by molar-refractivity contribution is 6.30. The third-order valence-corrected chi connectivity index (χ3v) is 7.62. The van der Waals surface area contributed by atoms with Gasteiger partial charge in [-0.15, -0.1) is 0 Å². The number of benzene rings is 3. The van der Waals surface area contributed by atoms with Gasteiger partial charge in [0.1, 0.15) is 6.04 Å². The van der Waals surface area contributed by atoms with Crippen LogP contribution in [0.25, 0.3) is 0 Å². The predicted molar refractivity (Wildman–Crippen MR) is 152 cm³/mol. The maximum absolute atomic E-state index is 14.1. The van der Waals surface area contributed by atoms with Crippen molar-refractivity contribution in [3.63, 3.8) is 0 Å². The summed E-state index contributed by atoms with van der Waals surface area (Å²) in [5.74, 6) is -1.96. The third kappa shape index (κ3) is 5.40. The van der Waals surface area contributed by atoms with Gasteiger partial charge in [0.05, 0.1) is 24.5 Å². The molecule has 0 bridgehead atoms. The maximum atomic E-state index is 14.1. The lowest BCUT2D eigenvalue weighted by Gasteiger charge is -2.35. The van der Waals surface area contributed by atoms with Crippen molar-refractivity contribution in [1.82, 2.24) is 14.5 Å². The van der Waals surface area contributed by atoms with E-state index in [1.54, 1.807) is 18.5 Å². The number of hydrogen-bond acceptors (Lipinski definition) is 4. The highest BCUT2D eigenvalue weighted by Gasteiger charge is 2.40. The zero-order chi connectivity index (χ0) is 27.7. The van der Waals surface area contributed by atoms with Crippen LogP contribution in [0.2, 0.25) is 5.02 Å². The first-order chi connectivity index (χ1) is 18.7. The first kappa shape index (κ1) is 26.5. The molecule has 2 unspecified atom stereocenters. The number of carboxylic acids is 1. The molecule has 0 saturated carbocycles. The second kappa shape index (κ2) is 10.9. The molecule has 1 amide bonds. The van der Waals surface area contributed by atoms with E-state index >= 15 is 0 Å². The number of nitrogens with zero attached hydrogens (tertiary/aromatic N) is 4. The van der Waals surface area contributed by atoms with Crippen molar-refractivity contribution in [2.45, 2.75) is 38.4 Å². The zero-order valence-corrected chi connectivity index (χ0v) is 23.0. The SMILES string of the molecule is Cc1cc(Cn2cnc3c2CC(C(=O)O)N(C(=O)C(c2ccccc2)c2ccc(Cl)cc2)C3)ccc1N(C)C. The number of carbonyl (C=O) groups is 2. The summed E-state index contributed by atoms with van der Waals surface area (Å²) < 4.78 is 2.01. The molecule has 1 aromatic heterocycles. The van der Waals surface area contributed by atoms with Gasteiger partial charge in [0, 0.05) is 43.5 Å². The highest BCUT2D eigenvalue weighted by atomic mass is 35.5. The monoisotopic (exact) mass is 542 g/mol. The predicted octanol–water partition coefficient (Wildman–Crippen LogP) is 5.13. The molecule has 1 aliphatic rings. The van der Waals surface area contributed by atoms with Crippen molar-refractivity contribution in [2.75, 3.05) is 19.0 Å². The number of aromatic nitrogens is 2. The summed E-state index contributed by atoms with van der Waals surface area (Å²) in [5.41, 5.74) is 6.56. The standard InChI is InChI=1S/C31H31ClN4O3/c1-20-15-21(9-14-26(20)34(2)3)17-35-19-33-25-18-36(28(31(38)39)16-27(25)35)30(37)29(22-7-5-4-6-8-22)23-10-12-24(32)13-11-23/h4-15,19,28-29H,16-18H2,1-3H3,(H,38,39). The molecule has 0 aliphatic carbocycles. The van der Waals surface area contributed by atoms with Gasteiger partial charge in [-0.2, -0.15) is 0 Å². The van der Waals surface area contributed by atoms with E-state index < -0.39 is 17.9 Å². The smallest absolute Gasteiger partial charge is 0.326 e.